The molecule has 1 saturated carbocycles. The van der Waals surface area contributed by atoms with E-state index in [1.54, 1.807) is 0 Å². The van der Waals surface area contributed by atoms with E-state index in [4.69, 9.17) is 0 Å². The Hall–Kier alpha value is -1.32. The monoisotopic (exact) mass is 330 g/mol. The molecule has 4 rings (SSSR count). The van der Waals surface area contributed by atoms with Crippen molar-refractivity contribution in [2.45, 2.75) is 76.3 Å². The van der Waals surface area contributed by atoms with E-state index in [-0.39, 0.29) is 35.7 Å². The maximum Gasteiger partial charge on any atom is 0.229 e. The minimum atomic E-state index is -0.0259. The first-order valence-corrected chi connectivity index (χ1v) is 9.84. The molecule has 1 saturated heterocycles. The van der Waals surface area contributed by atoms with Gasteiger partial charge < -0.3 is 9.80 Å². The minimum Gasteiger partial charge on any atom is -0.340 e. The highest BCUT2D eigenvalue weighted by Gasteiger charge is 2.46. The van der Waals surface area contributed by atoms with Gasteiger partial charge in [-0.25, -0.2) is 0 Å². The second kappa shape index (κ2) is 6.20. The third kappa shape index (κ3) is 2.41. The van der Waals surface area contributed by atoms with E-state index in [0.717, 1.165) is 51.4 Å². The van der Waals surface area contributed by atoms with Crippen LogP contribution in [-0.4, -0.2) is 47.8 Å². The largest absolute Gasteiger partial charge is 0.340 e. The number of rotatable bonds is 0. The summed E-state index contributed by atoms with van der Waals surface area (Å²) < 4.78 is 0. The molecular weight excluding hydrogens is 300 g/mol. The molecule has 4 aliphatic rings. The van der Waals surface area contributed by atoms with Crippen LogP contribution in [0.1, 0.15) is 64.2 Å². The summed E-state index contributed by atoms with van der Waals surface area (Å²) in [5, 5.41) is 0. The number of nitrogens with zero attached hydrogens (tertiary/aromatic N) is 2. The van der Waals surface area contributed by atoms with Gasteiger partial charge in [-0.15, -0.1) is 0 Å². The van der Waals surface area contributed by atoms with Crippen molar-refractivity contribution in [3.8, 4) is 0 Å². The summed E-state index contributed by atoms with van der Waals surface area (Å²) in [4.78, 5) is 30.7. The van der Waals surface area contributed by atoms with Crippen LogP contribution >= 0.6 is 0 Å². The van der Waals surface area contributed by atoms with Gasteiger partial charge in [0.25, 0.3) is 0 Å². The Morgan fingerprint density at radius 1 is 0.708 bits per heavy atom. The molecule has 3 aliphatic carbocycles. The fourth-order valence-corrected chi connectivity index (χ4v) is 5.83. The molecule has 0 aromatic heterocycles. The summed E-state index contributed by atoms with van der Waals surface area (Å²) >= 11 is 0. The van der Waals surface area contributed by atoms with Crippen LogP contribution in [0.5, 0.6) is 0 Å². The molecule has 0 aromatic carbocycles. The van der Waals surface area contributed by atoms with Crippen molar-refractivity contribution in [2.24, 2.45) is 11.8 Å². The number of fused-ring (bicyclic) bond motifs is 1. The number of likely N-dealkylation sites (N-methyl/N-ethyl adjacent to an activating group) is 2. The summed E-state index contributed by atoms with van der Waals surface area (Å²) in [6.07, 6.45) is 10.7. The Morgan fingerprint density at radius 2 is 1.17 bits per heavy atom. The Labute approximate surface area is 145 Å². The maximum absolute atomic E-state index is 13.3. The predicted molar refractivity (Wildman–Crippen MR) is 93.3 cm³/mol. The average Bonchev–Trinajstić information content (AvgIpc) is 2.66. The van der Waals surface area contributed by atoms with Crippen LogP contribution in [0.2, 0.25) is 0 Å². The molecule has 0 aromatic rings. The Balaban J connectivity index is 1.81. The van der Waals surface area contributed by atoms with Crippen molar-refractivity contribution < 1.29 is 9.59 Å². The SMILES string of the molecule is CN1C(=O)C2CCCC3=C2C(CCC3)C(=O)N(C)C2CCCCC21. The molecule has 24 heavy (non-hydrogen) atoms. The molecule has 4 atom stereocenters. The smallest absolute Gasteiger partial charge is 0.229 e. The van der Waals surface area contributed by atoms with Gasteiger partial charge in [-0.3, -0.25) is 9.59 Å². The lowest BCUT2D eigenvalue weighted by molar-refractivity contribution is -0.140. The molecule has 4 unspecified atom stereocenters. The second-order valence-corrected chi connectivity index (χ2v) is 8.27. The van der Waals surface area contributed by atoms with E-state index in [9.17, 15) is 9.59 Å². The van der Waals surface area contributed by atoms with Gasteiger partial charge in [-0.2, -0.15) is 0 Å². The van der Waals surface area contributed by atoms with Crippen molar-refractivity contribution >= 4 is 11.8 Å². The van der Waals surface area contributed by atoms with E-state index in [1.807, 2.05) is 23.9 Å². The molecular formula is C20H30N2O2. The molecule has 0 spiro atoms. The summed E-state index contributed by atoms with van der Waals surface area (Å²) in [5.41, 5.74) is 2.68. The first kappa shape index (κ1) is 16.2. The van der Waals surface area contributed by atoms with Crippen molar-refractivity contribution in [2.75, 3.05) is 14.1 Å². The molecule has 0 radical (unpaired) electrons. The molecule has 4 nitrogen and oxygen atoms in total. The second-order valence-electron chi connectivity index (χ2n) is 8.27. The molecule has 132 valence electrons. The van der Waals surface area contributed by atoms with Crippen LogP contribution in [0, 0.1) is 11.8 Å². The topological polar surface area (TPSA) is 40.6 Å². The van der Waals surface area contributed by atoms with Crippen LogP contribution < -0.4 is 0 Å². The van der Waals surface area contributed by atoms with Crippen LogP contribution in [0.25, 0.3) is 0 Å². The van der Waals surface area contributed by atoms with Gasteiger partial charge in [-0.05, 0) is 56.9 Å². The van der Waals surface area contributed by atoms with E-state index in [2.05, 4.69) is 0 Å². The summed E-state index contributed by atoms with van der Waals surface area (Å²) in [7, 11) is 3.98. The number of amides is 2. The molecule has 0 N–H and O–H groups in total. The highest BCUT2D eigenvalue weighted by atomic mass is 16.2. The van der Waals surface area contributed by atoms with E-state index >= 15 is 0 Å². The van der Waals surface area contributed by atoms with E-state index in [0.29, 0.717) is 0 Å². The van der Waals surface area contributed by atoms with E-state index < -0.39 is 0 Å². The zero-order valence-corrected chi connectivity index (χ0v) is 15.1. The molecule has 2 fully saturated rings. The van der Waals surface area contributed by atoms with Crippen LogP contribution in [0.4, 0.5) is 0 Å². The van der Waals surface area contributed by atoms with Gasteiger partial charge in [0.15, 0.2) is 0 Å². The van der Waals surface area contributed by atoms with Crippen molar-refractivity contribution in [1.82, 2.24) is 9.80 Å². The molecule has 1 heterocycles. The Morgan fingerprint density at radius 3 is 1.62 bits per heavy atom. The van der Waals surface area contributed by atoms with Gasteiger partial charge in [0.2, 0.25) is 11.8 Å². The van der Waals surface area contributed by atoms with Crippen LogP contribution in [0.3, 0.4) is 0 Å². The van der Waals surface area contributed by atoms with Gasteiger partial charge in [0.1, 0.15) is 0 Å². The lowest BCUT2D eigenvalue weighted by atomic mass is 9.70. The third-order valence-corrected chi connectivity index (χ3v) is 7.08. The molecule has 1 aliphatic heterocycles. The van der Waals surface area contributed by atoms with Crippen molar-refractivity contribution in [1.29, 1.82) is 0 Å². The van der Waals surface area contributed by atoms with Crippen LogP contribution in [-0.2, 0) is 9.59 Å². The third-order valence-electron chi connectivity index (χ3n) is 7.08. The summed E-state index contributed by atoms with van der Waals surface area (Å²) in [6.45, 7) is 0. The van der Waals surface area contributed by atoms with Crippen LogP contribution in [0.15, 0.2) is 11.1 Å². The molecule has 2 amide bonds. The maximum atomic E-state index is 13.3. The average molecular weight is 330 g/mol. The lowest BCUT2D eigenvalue weighted by Crippen LogP contribution is -2.54. The van der Waals surface area contributed by atoms with Gasteiger partial charge in [0.05, 0.1) is 23.9 Å². The number of hydrogen-bond donors (Lipinski definition) is 0. The normalized spacial score (nSPS) is 37.4. The summed E-state index contributed by atoms with van der Waals surface area (Å²) in [6, 6.07) is 0.401. The minimum absolute atomic E-state index is 0.0259. The van der Waals surface area contributed by atoms with E-state index in [1.165, 1.54) is 24.0 Å². The molecule has 0 bridgehead atoms. The van der Waals surface area contributed by atoms with Crippen molar-refractivity contribution in [3.05, 3.63) is 11.1 Å². The standard InChI is InChI=1S/C20H30N2O2/c1-21-16-11-3-4-12-17(16)22(2)20(24)15-10-6-8-13-7-5-9-14(18(13)15)19(21)23/h14-17H,3-12H2,1-2H3. The van der Waals surface area contributed by atoms with Gasteiger partial charge in [0, 0.05) is 14.1 Å². The number of hydrogen-bond acceptors (Lipinski definition) is 2. The first-order valence-electron chi connectivity index (χ1n) is 9.84. The number of carbonyl (C=O) groups excluding carboxylic acids is 2. The zero-order valence-electron chi connectivity index (χ0n) is 15.1. The quantitative estimate of drug-likeness (QED) is 0.640. The van der Waals surface area contributed by atoms with Crippen molar-refractivity contribution in [3.63, 3.8) is 0 Å². The fourth-order valence-electron chi connectivity index (χ4n) is 5.83. The van der Waals surface area contributed by atoms with Gasteiger partial charge >= 0.3 is 0 Å². The highest BCUT2D eigenvalue weighted by Crippen LogP contribution is 2.45. The number of carbonyl (C=O) groups is 2. The first-order chi connectivity index (χ1) is 11.6. The lowest BCUT2D eigenvalue weighted by Gasteiger charge is -2.42. The predicted octanol–water partition coefficient (Wildman–Crippen LogP) is 3.12. The Kier molecular flexibility index (Phi) is 4.17. The highest BCUT2D eigenvalue weighted by molar-refractivity contribution is 5.89. The fraction of sp³-hybridized carbons (Fsp3) is 0.800. The summed E-state index contributed by atoms with van der Waals surface area (Å²) in [5.74, 6) is 0.521. The van der Waals surface area contributed by atoms with Gasteiger partial charge in [-0.1, -0.05) is 18.4 Å². The number of allylic oxidation sites excluding steroid dienone is 1. The zero-order chi connectivity index (χ0) is 16.8. The Bertz CT molecular complexity index is 534. The molecule has 4 heteroatoms.